The van der Waals surface area contributed by atoms with Gasteiger partial charge in [-0.2, -0.15) is 0 Å². The van der Waals surface area contributed by atoms with Gasteiger partial charge < -0.3 is 5.11 Å². The van der Waals surface area contributed by atoms with Gasteiger partial charge in [0.1, 0.15) is 0 Å². The quantitative estimate of drug-likeness (QED) is 0.790. The number of halogens is 1. The maximum Gasteiger partial charge on any atom is 0.317 e. The number of carboxylic acids is 1. The van der Waals surface area contributed by atoms with E-state index in [1.807, 2.05) is 23.1 Å². The highest BCUT2D eigenvalue weighted by atomic mass is 35.5. The third kappa shape index (κ3) is 7.30. The Bertz CT molecular complexity index is 330. The molecule has 18 heavy (non-hydrogen) atoms. The zero-order valence-corrected chi connectivity index (χ0v) is 11.7. The summed E-state index contributed by atoms with van der Waals surface area (Å²) in [4.78, 5) is 12.7. The van der Waals surface area contributed by atoms with Gasteiger partial charge in [0.15, 0.2) is 0 Å². The molecular weight excluding hydrogens is 250 g/mol. The standard InChI is InChI=1S/C14H21NO2.ClH/c1-2-10-15(12-14(16)17)11-6-9-13-7-4-3-5-8-13;/h3-5,7-8H,2,6,9-12H2,1H3,(H,16,17);1H. The molecule has 0 aliphatic carbocycles. The molecule has 0 aliphatic heterocycles. The van der Waals surface area contributed by atoms with Crippen LogP contribution < -0.4 is 0 Å². The smallest absolute Gasteiger partial charge is 0.317 e. The van der Waals surface area contributed by atoms with Gasteiger partial charge in [-0.15, -0.1) is 12.4 Å². The van der Waals surface area contributed by atoms with E-state index < -0.39 is 5.97 Å². The monoisotopic (exact) mass is 271 g/mol. The number of hydrogen-bond acceptors (Lipinski definition) is 2. The first-order valence-electron chi connectivity index (χ1n) is 6.20. The fourth-order valence-corrected chi connectivity index (χ4v) is 1.93. The number of carbonyl (C=O) groups is 1. The highest BCUT2D eigenvalue weighted by Gasteiger charge is 2.07. The largest absolute Gasteiger partial charge is 0.480 e. The summed E-state index contributed by atoms with van der Waals surface area (Å²) in [5.41, 5.74) is 1.32. The van der Waals surface area contributed by atoms with Gasteiger partial charge in [0.25, 0.3) is 0 Å². The van der Waals surface area contributed by atoms with Gasteiger partial charge in [-0.25, -0.2) is 0 Å². The van der Waals surface area contributed by atoms with E-state index >= 15 is 0 Å². The van der Waals surface area contributed by atoms with E-state index in [9.17, 15) is 4.79 Å². The average Bonchev–Trinajstić information content (AvgIpc) is 2.30. The molecule has 1 rings (SSSR count). The molecule has 0 amide bonds. The molecule has 0 atom stereocenters. The molecule has 0 saturated heterocycles. The summed E-state index contributed by atoms with van der Waals surface area (Å²) < 4.78 is 0. The van der Waals surface area contributed by atoms with Crippen molar-refractivity contribution in [1.82, 2.24) is 4.90 Å². The van der Waals surface area contributed by atoms with Crippen LogP contribution in [0.3, 0.4) is 0 Å². The average molecular weight is 272 g/mol. The minimum absolute atomic E-state index is 0. The maximum atomic E-state index is 10.7. The van der Waals surface area contributed by atoms with E-state index in [-0.39, 0.29) is 19.0 Å². The normalized spacial score (nSPS) is 10.1. The second-order valence-electron chi connectivity index (χ2n) is 4.26. The number of rotatable bonds is 8. The first-order chi connectivity index (χ1) is 8.22. The summed E-state index contributed by atoms with van der Waals surface area (Å²) in [7, 11) is 0. The summed E-state index contributed by atoms with van der Waals surface area (Å²) in [6.07, 6.45) is 3.02. The molecule has 4 heteroatoms. The fourth-order valence-electron chi connectivity index (χ4n) is 1.93. The molecule has 1 aromatic carbocycles. The third-order valence-electron chi connectivity index (χ3n) is 2.68. The van der Waals surface area contributed by atoms with Crippen LogP contribution >= 0.6 is 12.4 Å². The summed E-state index contributed by atoms with van der Waals surface area (Å²) in [6.45, 7) is 3.95. The van der Waals surface area contributed by atoms with Crippen LogP contribution in [0.1, 0.15) is 25.3 Å². The molecular formula is C14H22ClNO2. The van der Waals surface area contributed by atoms with Crippen LogP contribution in [0.4, 0.5) is 0 Å². The molecule has 0 heterocycles. The lowest BCUT2D eigenvalue weighted by molar-refractivity contribution is -0.138. The van der Waals surface area contributed by atoms with E-state index in [0.29, 0.717) is 0 Å². The number of benzene rings is 1. The van der Waals surface area contributed by atoms with Crippen LogP contribution in [-0.4, -0.2) is 35.6 Å². The van der Waals surface area contributed by atoms with Crippen molar-refractivity contribution in [2.24, 2.45) is 0 Å². The summed E-state index contributed by atoms with van der Waals surface area (Å²) in [6, 6.07) is 10.3. The highest BCUT2D eigenvalue weighted by Crippen LogP contribution is 2.04. The summed E-state index contributed by atoms with van der Waals surface area (Å²) in [5.74, 6) is -0.738. The van der Waals surface area contributed by atoms with E-state index in [0.717, 1.165) is 32.4 Å². The lowest BCUT2D eigenvalue weighted by Crippen LogP contribution is -2.31. The van der Waals surface area contributed by atoms with Gasteiger partial charge in [-0.1, -0.05) is 37.3 Å². The Morgan fingerprint density at radius 2 is 1.89 bits per heavy atom. The molecule has 0 bridgehead atoms. The van der Waals surface area contributed by atoms with Crippen molar-refractivity contribution >= 4 is 18.4 Å². The molecule has 0 aliphatic rings. The van der Waals surface area contributed by atoms with Crippen LogP contribution in [0.25, 0.3) is 0 Å². The van der Waals surface area contributed by atoms with Crippen LogP contribution in [0, 0.1) is 0 Å². The van der Waals surface area contributed by atoms with Crippen molar-refractivity contribution in [3.63, 3.8) is 0 Å². The molecule has 0 saturated carbocycles. The third-order valence-corrected chi connectivity index (χ3v) is 2.68. The Hall–Kier alpha value is -1.06. The molecule has 102 valence electrons. The highest BCUT2D eigenvalue weighted by molar-refractivity contribution is 5.85. The Balaban J connectivity index is 0.00000289. The predicted molar refractivity (Wildman–Crippen MR) is 76.4 cm³/mol. The molecule has 1 N–H and O–H groups in total. The van der Waals surface area contributed by atoms with Gasteiger partial charge >= 0.3 is 5.97 Å². The number of nitrogens with zero attached hydrogens (tertiary/aromatic N) is 1. The van der Waals surface area contributed by atoms with Crippen molar-refractivity contribution in [3.05, 3.63) is 35.9 Å². The minimum Gasteiger partial charge on any atom is -0.480 e. The van der Waals surface area contributed by atoms with E-state index in [1.165, 1.54) is 5.56 Å². The summed E-state index contributed by atoms with van der Waals surface area (Å²) >= 11 is 0. The molecule has 0 fully saturated rings. The first-order valence-corrected chi connectivity index (χ1v) is 6.20. The lowest BCUT2D eigenvalue weighted by atomic mass is 10.1. The fraction of sp³-hybridized carbons (Fsp3) is 0.500. The van der Waals surface area contributed by atoms with Gasteiger partial charge in [0.2, 0.25) is 0 Å². The molecule has 3 nitrogen and oxygen atoms in total. The molecule has 0 spiro atoms. The van der Waals surface area contributed by atoms with Crippen molar-refractivity contribution < 1.29 is 9.90 Å². The van der Waals surface area contributed by atoms with Gasteiger partial charge in [-0.3, -0.25) is 9.69 Å². The Kier molecular flexibility index (Phi) is 9.33. The SMILES string of the molecule is CCCN(CCCc1ccccc1)CC(=O)O.Cl. The number of hydrogen-bond donors (Lipinski definition) is 1. The van der Waals surface area contributed by atoms with Crippen LogP contribution in [0.2, 0.25) is 0 Å². The Morgan fingerprint density at radius 1 is 1.22 bits per heavy atom. The summed E-state index contributed by atoms with van der Waals surface area (Å²) in [5, 5.41) is 8.79. The zero-order valence-electron chi connectivity index (χ0n) is 10.8. The Morgan fingerprint density at radius 3 is 2.44 bits per heavy atom. The van der Waals surface area contributed by atoms with Crippen molar-refractivity contribution in [3.8, 4) is 0 Å². The molecule has 0 aromatic heterocycles. The Labute approximate surface area is 115 Å². The molecule has 0 unspecified atom stereocenters. The number of carboxylic acid groups (broad SMARTS) is 1. The number of aryl methyl sites for hydroxylation is 1. The maximum absolute atomic E-state index is 10.7. The minimum atomic E-state index is -0.738. The van der Waals surface area contributed by atoms with Gasteiger partial charge in [0, 0.05) is 0 Å². The topological polar surface area (TPSA) is 40.5 Å². The second-order valence-corrected chi connectivity index (χ2v) is 4.26. The van der Waals surface area contributed by atoms with Crippen molar-refractivity contribution in [2.45, 2.75) is 26.2 Å². The second kappa shape index (κ2) is 9.92. The predicted octanol–water partition coefficient (Wildman–Crippen LogP) is 2.84. The van der Waals surface area contributed by atoms with Crippen LogP contribution in [0.15, 0.2) is 30.3 Å². The number of aliphatic carboxylic acids is 1. The van der Waals surface area contributed by atoms with Crippen molar-refractivity contribution in [2.75, 3.05) is 19.6 Å². The first kappa shape index (κ1) is 16.9. The molecule has 1 aromatic rings. The lowest BCUT2D eigenvalue weighted by Gasteiger charge is -2.19. The van der Waals surface area contributed by atoms with Crippen LogP contribution in [0.5, 0.6) is 0 Å². The van der Waals surface area contributed by atoms with Crippen molar-refractivity contribution in [1.29, 1.82) is 0 Å². The van der Waals surface area contributed by atoms with Gasteiger partial charge in [-0.05, 0) is 37.9 Å². The van der Waals surface area contributed by atoms with E-state index in [2.05, 4.69) is 19.1 Å². The van der Waals surface area contributed by atoms with Gasteiger partial charge in [0.05, 0.1) is 6.54 Å². The molecule has 0 radical (unpaired) electrons. The van der Waals surface area contributed by atoms with Crippen LogP contribution in [-0.2, 0) is 11.2 Å². The van der Waals surface area contributed by atoms with E-state index in [4.69, 9.17) is 5.11 Å². The zero-order chi connectivity index (χ0) is 12.5. The van der Waals surface area contributed by atoms with E-state index in [1.54, 1.807) is 0 Å².